The number of benzene rings is 1. The van der Waals surface area contributed by atoms with Crippen LogP contribution in [0.2, 0.25) is 0 Å². The Labute approximate surface area is 153 Å². The first-order valence-electron chi connectivity index (χ1n) is 8.68. The molecule has 5 nitrogen and oxygen atoms in total. The Kier molecular flexibility index (Phi) is 5.92. The molecule has 2 aromatic heterocycles. The van der Waals surface area contributed by atoms with Gasteiger partial charge in [0.15, 0.2) is 5.76 Å². The van der Waals surface area contributed by atoms with Crippen molar-refractivity contribution in [3.63, 3.8) is 0 Å². The van der Waals surface area contributed by atoms with E-state index in [-0.39, 0.29) is 5.91 Å². The molecule has 0 saturated carbocycles. The second kappa shape index (κ2) is 8.54. The third-order valence-corrected chi connectivity index (χ3v) is 4.33. The van der Waals surface area contributed by atoms with Gasteiger partial charge in [-0.1, -0.05) is 29.8 Å². The van der Waals surface area contributed by atoms with Gasteiger partial charge in [-0.2, -0.15) is 0 Å². The van der Waals surface area contributed by atoms with Crippen molar-refractivity contribution in [3.05, 3.63) is 83.6 Å². The Morgan fingerprint density at radius 3 is 2.65 bits per heavy atom. The lowest BCUT2D eigenvalue weighted by Gasteiger charge is -2.22. The topological polar surface area (TPSA) is 47.6 Å². The fourth-order valence-corrected chi connectivity index (χ4v) is 2.84. The summed E-state index contributed by atoms with van der Waals surface area (Å²) in [6.07, 6.45) is 3.56. The molecule has 0 spiro atoms. The Hall–Kier alpha value is -2.79. The minimum atomic E-state index is -0.130. The van der Waals surface area contributed by atoms with E-state index in [1.54, 1.807) is 24.1 Å². The van der Waals surface area contributed by atoms with Crippen molar-refractivity contribution in [3.8, 4) is 0 Å². The fraction of sp³-hybridized carbons (Fsp3) is 0.286. The summed E-state index contributed by atoms with van der Waals surface area (Å²) in [7, 11) is 1.63. The molecule has 1 amide bonds. The fourth-order valence-electron chi connectivity index (χ4n) is 2.84. The van der Waals surface area contributed by atoms with Crippen molar-refractivity contribution in [1.82, 2.24) is 9.47 Å². The average molecular weight is 352 g/mol. The highest BCUT2D eigenvalue weighted by Crippen LogP contribution is 2.14. The maximum atomic E-state index is 12.7. The van der Waals surface area contributed by atoms with Crippen molar-refractivity contribution in [1.29, 1.82) is 0 Å². The van der Waals surface area contributed by atoms with E-state index in [9.17, 15) is 4.79 Å². The van der Waals surface area contributed by atoms with Crippen molar-refractivity contribution in [2.24, 2.45) is 0 Å². The summed E-state index contributed by atoms with van der Waals surface area (Å²) in [5.74, 6) is 0.216. The van der Waals surface area contributed by atoms with E-state index < -0.39 is 0 Å². The number of hydrogen-bond acceptors (Lipinski definition) is 3. The number of methoxy groups -OCH3 is 1. The second-order valence-corrected chi connectivity index (χ2v) is 6.31. The zero-order chi connectivity index (χ0) is 18.4. The van der Waals surface area contributed by atoms with Crippen LogP contribution in [0, 0.1) is 6.92 Å². The van der Waals surface area contributed by atoms with Crippen LogP contribution in [-0.4, -0.2) is 35.6 Å². The van der Waals surface area contributed by atoms with Gasteiger partial charge in [0, 0.05) is 32.1 Å². The number of rotatable bonds is 8. The molecule has 0 atom stereocenters. The number of nitrogens with zero attached hydrogens (tertiary/aromatic N) is 2. The number of carbonyl (C=O) groups is 1. The predicted molar refractivity (Wildman–Crippen MR) is 100 cm³/mol. The van der Waals surface area contributed by atoms with Gasteiger partial charge in [0.05, 0.1) is 19.4 Å². The van der Waals surface area contributed by atoms with E-state index in [0.29, 0.717) is 25.5 Å². The van der Waals surface area contributed by atoms with Gasteiger partial charge in [-0.05, 0) is 36.8 Å². The molecule has 0 bridgehead atoms. The molecule has 2 heterocycles. The first kappa shape index (κ1) is 18.0. The number of aromatic nitrogens is 1. The summed E-state index contributed by atoms with van der Waals surface area (Å²) in [5.41, 5.74) is 3.55. The molecule has 3 rings (SSSR count). The van der Waals surface area contributed by atoms with Gasteiger partial charge >= 0.3 is 0 Å². The second-order valence-electron chi connectivity index (χ2n) is 6.31. The predicted octanol–water partition coefficient (Wildman–Crippen LogP) is 3.73. The third-order valence-electron chi connectivity index (χ3n) is 4.33. The summed E-state index contributed by atoms with van der Waals surface area (Å²) in [4.78, 5) is 14.5. The smallest absolute Gasteiger partial charge is 0.289 e. The van der Waals surface area contributed by atoms with Crippen LogP contribution in [-0.2, 0) is 17.8 Å². The molecule has 0 unspecified atom stereocenters. The molecular formula is C21H24N2O3. The highest BCUT2D eigenvalue weighted by Gasteiger charge is 2.19. The zero-order valence-corrected chi connectivity index (χ0v) is 15.2. The summed E-state index contributed by atoms with van der Waals surface area (Å²) in [6.45, 7) is 4.34. The van der Waals surface area contributed by atoms with Gasteiger partial charge in [-0.25, -0.2) is 0 Å². The maximum Gasteiger partial charge on any atom is 0.289 e. The van der Waals surface area contributed by atoms with Gasteiger partial charge in [0.2, 0.25) is 0 Å². The van der Waals surface area contributed by atoms with E-state index in [4.69, 9.17) is 9.15 Å². The van der Waals surface area contributed by atoms with Gasteiger partial charge < -0.3 is 18.6 Å². The lowest BCUT2D eigenvalue weighted by atomic mass is 10.1. The van der Waals surface area contributed by atoms with Crippen LogP contribution in [0.15, 0.2) is 65.4 Å². The maximum absolute atomic E-state index is 12.7. The lowest BCUT2D eigenvalue weighted by Crippen LogP contribution is -2.34. The third kappa shape index (κ3) is 4.43. The minimum Gasteiger partial charge on any atom is -0.459 e. The molecule has 1 aromatic carbocycles. The summed E-state index contributed by atoms with van der Waals surface area (Å²) in [5, 5.41) is 0. The molecule has 3 aromatic rings. The molecule has 0 aliphatic heterocycles. The van der Waals surface area contributed by atoms with Gasteiger partial charge in [0.25, 0.3) is 5.91 Å². The molecule has 0 aliphatic rings. The molecule has 0 fully saturated rings. The first-order chi connectivity index (χ1) is 12.7. The summed E-state index contributed by atoms with van der Waals surface area (Å²) >= 11 is 0. The van der Waals surface area contributed by atoms with Gasteiger partial charge in [0.1, 0.15) is 0 Å². The molecule has 136 valence electrons. The van der Waals surface area contributed by atoms with E-state index in [0.717, 1.165) is 12.2 Å². The highest BCUT2D eigenvalue weighted by atomic mass is 16.5. The van der Waals surface area contributed by atoms with Crippen molar-refractivity contribution in [2.45, 2.75) is 20.0 Å². The zero-order valence-electron chi connectivity index (χ0n) is 15.2. The van der Waals surface area contributed by atoms with E-state index >= 15 is 0 Å². The van der Waals surface area contributed by atoms with Gasteiger partial charge in [-0.3, -0.25) is 4.79 Å². The van der Waals surface area contributed by atoms with E-state index in [1.807, 2.05) is 18.3 Å². The molecule has 0 saturated heterocycles. The minimum absolute atomic E-state index is 0.130. The number of amides is 1. The van der Waals surface area contributed by atoms with Crippen molar-refractivity contribution in [2.75, 3.05) is 20.3 Å². The van der Waals surface area contributed by atoms with E-state index in [2.05, 4.69) is 35.8 Å². The number of furan rings is 1. The Balaban J connectivity index is 1.75. The Morgan fingerprint density at radius 1 is 1.15 bits per heavy atom. The largest absolute Gasteiger partial charge is 0.459 e. The molecule has 0 radical (unpaired) electrons. The van der Waals surface area contributed by atoms with Crippen LogP contribution < -0.4 is 0 Å². The monoisotopic (exact) mass is 352 g/mol. The number of carbonyl (C=O) groups excluding carboxylic acids is 1. The van der Waals surface area contributed by atoms with Gasteiger partial charge in [-0.15, -0.1) is 0 Å². The molecule has 0 N–H and O–H groups in total. The van der Waals surface area contributed by atoms with Crippen LogP contribution in [0.1, 0.15) is 27.4 Å². The van der Waals surface area contributed by atoms with Crippen LogP contribution in [0.25, 0.3) is 0 Å². The Bertz CT molecular complexity index is 819. The number of hydrogen-bond donors (Lipinski definition) is 0. The van der Waals surface area contributed by atoms with Crippen molar-refractivity contribution < 1.29 is 13.9 Å². The molecule has 26 heavy (non-hydrogen) atoms. The van der Waals surface area contributed by atoms with Crippen LogP contribution in [0.4, 0.5) is 0 Å². The van der Waals surface area contributed by atoms with Crippen LogP contribution in [0.3, 0.4) is 0 Å². The normalized spacial score (nSPS) is 10.8. The van der Waals surface area contributed by atoms with Crippen LogP contribution in [0.5, 0.6) is 0 Å². The van der Waals surface area contributed by atoms with E-state index in [1.165, 1.54) is 17.4 Å². The average Bonchev–Trinajstić information content (AvgIpc) is 3.32. The number of aryl methyl sites for hydroxylation is 1. The first-order valence-corrected chi connectivity index (χ1v) is 8.68. The molecule has 5 heteroatoms. The van der Waals surface area contributed by atoms with Crippen molar-refractivity contribution >= 4 is 5.91 Å². The lowest BCUT2D eigenvalue weighted by molar-refractivity contribution is 0.0645. The molecule has 0 aliphatic carbocycles. The van der Waals surface area contributed by atoms with Crippen LogP contribution >= 0.6 is 0 Å². The standard InChI is InChI=1S/C21H24N2O3/c1-17-7-9-18(10-8-17)15-22-11-3-5-19(22)16-23(12-14-25-2)21(24)20-6-4-13-26-20/h3-11,13H,12,14-16H2,1-2H3. The number of ether oxygens (including phenoxy) is 1. The quantitative estimate of drug-likeness (QED) is 0.621. The SMILES string of the molecule is COCCN(Cc1cccn1Cc1ccc(C)cc1)C(=O)c1ccco1. The highest BCUT2D eigenvalue weighted by molar-refractivity contribution is 5.91. The molecular weight excluding hydrogens is 328 g/mol. The Morgan fingerprint density at radius 2 is 1.96 bits per heavy atom. The summed E-state index contributed by atoms with van der Waals surface area (Å²) in [6, 6.07) is 16.0. The summed E-state index contributed by atoms with van der Waals surface area (Å²) < 4.78 is 12.6.